The average Bonchev–Trinajstić information content (AvgIpc) is 3.16. The molecule has 0 aromatic carbocycles. The van der Waals surface area contributed by atoms with Crippen LogP contribution in [0, 0.1) is 46.3 Å². The summed E-state index contributed by atoms with van der Waals surface area (Å²) < 4.78 is 0. The van der Waals surface area contributed by atoms with Gasteiger partial charge >= 0.3 is 0 Å². The maximum atomic E-state index is 6.14. The SMILES string of the molecule is CCCCCNOC1CC[C@@]2(C)C(=CC[C@H]3[C@@H]4CC[C@H]([C@H](C)CCCC(C)C)[C@@]4(C)CC[C@@H]32)C1. The Kier molecular flexibility index (Phi) is 8.93. The van der Waals surface area contributed by atoms with Crippen LogP contribution in [0.15, 0.2) is 11.6 Å². The zero-order chi connectivity index (χ0) is 24.3. The van der Waals surface area contributed by atoms with E-state index in [2.05, 4.69) is 53.1 Å². The third-order valence-corrected chi connectivity index (χ3v) is 11.4. The number of hydrogen-bond donors (Lipinski definition) is 1. The maximum absolute atomic E-state index is 6.14. The number of fused-ring (bicyclic) bond motifs is 5. The Labute approximate surface area is 212 Å². The first kappa shape index (κ1) is 26.7. The van der Waals surface area contributed by atoms with Gasteiger partial charge in [-0.15, -0.1) is 0 Å². The number of allylic oxidation sites excluding steroid dienone is 1. The van der Waals surface area contributed by atoms with E-state index in [1.54, 1.807) is 5.57 Å². The fraction of sp³-hybridized carbons (Fsp3) is 0.938. The average molecular weight is 472 g/mol. The highest BCUT2D eigenvalue weighted by Crippen LogP contribution is 2.67. The normalized spacial score (nSPS) is 40.4. The fourth-order valence-corrected chi connectivity index (χ4v) is 9.38. The summed E-state index contributed by atoms with van der Waals surface area (Å²) >= 11 is 0. The number of hydrogen-bond acceptors (Lipinski definition) is 2. The molecular weight excluding hydrogens is 414 g/mol. The minimum atomic E-state index is 0.383. The summed E-state index contributed by atoms with van der Waals surface area (Å²) in [4.78, 5) is 6.14. The van der Waals surface area contributed by atoms with E-state index in [9.17, 15) is 0 Å². The van der Waals surface area contributed by atoms with Gasteiger partial charge in [-0.05, 0) is 104 Å². The van der Waals surface area contributed by atoms with Crippen molar-refractivity contribution in [3.8, 4) is 0 Å². The summed E-state index contributed by atoms with van der Waals surface area (Å²) in [7, 11) is 0. The van der Waals surface area contributed by atoms with Crippen molar-refractivity contribution in [3.05, 3.63) is 11.6 Å². The molecule has 0 saturated heterocycles. The van der Waals surface area contributed by atoms with Crippen LogP contribution in [-0.2, 0) is 4.84 Å². The van der Waals surface area contributed by atoms with Gasteiger partial charge in [0.2, 0.25) is 0 Å². The predicted octanol–water partition coefficient (Wildman–Crippen LogP) is 9.11. The molecule has 0 aliphatic heterocycles. The van der Waals surface area contributed by atoms with Gasteiger partial charge < -0.3 is 0 Å². The van der Waals surface area contributed by atoms with Crippen LogP contribution in [0.5, 0.6) is 0 Å². The van der Waals surface area contributed by atoms with Gasteiger partial charge in [0.25, 0.3) is 0 Å². The lowest BCUT2D eigenvalue weighted by Crippen LogP contribution is -2.51. The summed E-state index contributed by atoms with van der Waals surface area (Å²) in [6.45, 7) is 16.0. The summed E-state index contributed by atoms with van der Waals surface area (Å²) in [5.74, 6) is 5.55. The molecule has 0 bridgehead atoms. The number of rotatable bonds is 11. The molecule has 0 aromatic heterocycles. The Bertz CT molecular complexity index is 684. The Morgan fingerprint density at radius 3 is 2.56 bits per heavy atom. The molecule has 2 heteroatoms. The van der Waals surface area contributed by atoms with E-state index in [1.165, 1.54) is 83.5 Å². The Balaban J connectivity index is 1.37. The molecule has 0 aromatic rings. The predicted molar refractivity (Wildman–Crippen MR) is 145 cm³/mol. The third-order valence-electron chi connectivity index (χ3n) is 11.4. The molecule has 0 amide bonds. The van der Waals surface area contributed by atoms with Gasteiger partial charge in [0.1, 0.15) is 0 Å². The van der Waals surface area contributed by atoms with Gasteiger partial charge in [-0.25, -0.2) is 5.48 Å². The van der Waals surface area contributed by atoms with E-state index in [0.29, 0.717) is 16.9 Å². The van der Waals surface area contributed by atoms with E-state index in [1.807, 2.05) is 0 Å². The minimum absolute atomic E-state index is 0.383. The molecule has 196 valence electrons. The smallest absolute Gasteiger partial charge is 0.0827 e. The molecule has 3 saturated carbocycles. The van der Waals surface area contributed by atoms with Gasteiger partial charge in [-0.1, -0.05) is 85.3 Å². The van der Waals surface area contributed by atoms with Crippen molar-refractivity contribution in [3.63, 3.8) is 0 Å². The molecule has 1 unspecified atom stereocenters. The number of hydroxylamine groups is 1. The van der Waals surface area contributed by atoms with Crippen LogP contribution < -0.4 is 5.48 Å². The number of nitrogens with one attached hydrogen (secondary N) is 1. The summed E-state index contributed by atoms with van der Waals surface area (Å²) in [5.41, 5.74) is 6.09. The summed E-state index contributed by atoms with van der Waals surface area (Å²) in [5, 5.41) is 0. The second-order valence-electron chi connectivity index (χ2n) is 13.9. The Hall–Kier alpha value is -0.340. The van der Waals surface area contributed by atoms with E-state index in [0.717, 1.165) is 48.5 Å². The van der Waals surface area contributed by atoms with Crippen molar-refractivity contribution < 1.29 is 4.84 Å². The molecule has 3 fully saturated rings. The van der Waals surface area contributed by atoms with Gasteiger partial charge in [-0.2, -0.15) is 0 Å². The van der Waals surface area contributed by atoms with E-state index in [4.69, 9.17) is 4.84 Å². The van der Waals surface area contributed by atoms with Crippen molar-refractivity contribution in [2.45, 2.75) is 138 Å². The molecule has 34 heavy (non-hydrogen) atoms. The van der Waals surface area contributed by atoms with E-state index < -0.39 is 0 Å². The van der Waals surface area contributed by atoms with Crippen LogP contribution in [0.3, 0.4) is 0 Å². The van der Waals surface area contributed by atoms with Gasteiger partial charge in [0, 0.05) is 6.54 Å². The monoisotopic (exact) mass is 471 g/mol. The zero-order valence-corrected chi connectivity index (χ0v) is 23.6. The molecule has 8 atom stereocenters. The highest BCUT2D eigenvalue weighted by molar-refractivity contribution is 5.25. The second kappa shape index (κ2) is 11.4. The molecule has 4 aliphatic carbocycles. The van der Waals surface area contributed by atoms with Crippen LogP contribution in [-0.4, -0.2) is 12.6 Å². The standard InChI is InChI=1S/C32H57NO/c1-7-8-9-21-33-34-26-17-19-31(5)25(22-26)13-14-27-29-16-15-28(24(4)12-10-11-23(2)3)32(29,6)20-18-30(27)31/h13,23-24,26-30,33H,7-12,14-22H2,1-6H3/t24-,26?,27+,28-,29+,30+,31+,32-/m1/s1. The molecule has 1 N–H and O–H groups in total. The van der Waals surface area contributed by atoms with Gasteiger partial charge in [0.15, 0.2) is 0 Å². The highest BCUT2D eigenvalue weighted by atomic mass is 16.7. The molecule has 0 spiro atoms. The van der Waals surface area contributed by atoms with Crippen molar-refractivity contribution in [2.24, 2.45) is 46.3 Å². The van der Waals surface area contributed by atoms with Gasteiger partial charge in [0.05, 0.1) is 6.10 Å². The van der Waals surface area contributed by atoms with E-state index >= 15 is 0 Å². The van der Waals surface area contributed by atoms with Crippen LogP contribution in [0.2, 0.25) is 0 Å². The molecular formula is C32H57NO. The summed E-state index contributed by atoms with van der Waals surface area (Å²) in [6, 6.07) is 0. The van der Waals surface area contributed by atoms with Crippen LogP contribution >= 0.6 is 0 Å². The molecule has 4 aliphatic rings. The highest BCUT2D eigenvalue weighted by Gasteiger charge is 2.59. The number of unbranched alkanes of at least 4 members (excludes halogenated alkanes) is 2. The van der Waals surface area contributed by atoms with Crippen LogP contribution in [0.4, 0.5) is 0 Å². The Morgan fingerprint density at radius 1 is 0.971 bits per heavy atom. The second-order valence-corrected chi connectivity index (χ2v) is 13.9. The molecule has 0 radical (unpaired) electrons. The minimum Gasteiger partial charge on any atom is -0.298 e. The molecule has 2 nitrogen and oxygen atoms in total. The van der Waals surface area contributed by atoms with Crippen molar-refractivity contribution in [1.82, 2.24) is 5.48 Å². The van der Waals surface area contributed by atoms with Gasteiger partial charge in [-0.3, -0.25) is 4.84 Å². The lowest BCUT2D eigenvalue weighted by molar-refractivity contribution is -0.0803. The lowest BCUT2D eigenvalue weighted by Gasteiger charge is -2.58. The molecule has 0 heterocycles. The largest absolute Gasteiger partial charge is 0.298 e. The van der Waals surface area contributed by atoms with Crippen LogP contribution in [0.1, 0.15) is 131 Å². The fourth-order valence-electron chi connectivity index (χ4n) is 9.38. The first-order valence-corrected chi connectivity index (χ1v) is 15.4. The maximum Gasteiger partial charge on any atom is 0.0827 e. The van der Waals surface area contributed by atoms with Crippen LogP contribution in [0.25, 0.3) is 0 Å². The Morgan fingerprint density at radius 2 is 1.79 bits per heavy atom. The lowest BCUT2D eigenvalue weighted by atomic mass is 9.47. The summed E-state index contributed by atoms with van der Waals surface area (Å²) in [6.07, 6.45) is 22.2. The first-order valence-electron chi connectivity index (χ1n) is 15.4. The third kappa shape index (κ3) is 5.34. The topological polar surface area (TPSA) is 21.3 Å². The van der Waals surface area contributed by atoms with E-state index in [-0.39, 0.29) is 0 Å². The quantitative estimate of drug-likeness (QED) is 0.184. The van der Waals surface area contributed by atoms with Crippen molar-refractivity contribution in [1.29, 1.82) is 0 Å². The van der Waals surface area contributed by atoms with Crippen molar-refractivity contribution in [2.75, 3.05) is 6.54 Å². The zero-order valence-electron chi connectivity index (χ0n) is 23.6. The van der Waals surface area contributed by atoms with Crippen molar-refractivity contribution >= 4 is 0 Å². The molecule has 4 rings (SSSR count). The first-order chi connectivity index (χ1) is 16.3.